The Morgan fingerprint density at radius 1 is 1.21 bits per heavy atom. The highest BCUT2D eigenvalue weighted by Crippen LogP contribution is 2.29. The molecule has 0 bridgehead atoms. The molecule has 0 aromatic heterocycles. The summed E-state index contributed by atoms with van der Waals surface area (Å²) in [6, 6.07) is 5.52. The first-order valence-corrected chi connectivity index (χ1v) is 8.50. The smallest absolute Gasteiger partial charge is 0.251 e. The summed E-state index contributed by atoms with van der Waals surface area (Å²) >= 11 is 0. The average molecular weight is 329 g/mol. The van der Waals surface area contributed by atoms with Crippen molar-refractivity contribution in [3.63, 3.8) is 0 Å². The summed E-state index contributed by atoms with van der Waals surface area (Å²) in [6.07, 6.45) is 4.50. The quantitative estimate of drug-likeness (QED) is 0.784. The van der Waals surface area contributed by atoms with E-state index in [4.69, 9.17) is 0 Å². The Morgan fingerprint density at radius 3 is 2.67 bits per heavy atom. The molecule has 1 aromatic rings. The molecule has 0 spiro atoms. The van der Waals surface area contributed by atoms with Crippen molar-refractivity contribution in [2.75, 3.05) is 12.4 Å². The second-order valence-corrected chi connectivity index (χ2v) is 6.63. The highest BCUT2D eigenvalue weighted by Gasteiger charge is 2.27. The fourth-order valence-electron chi connectivity index (χ4n) is 3.60. The van der Waals surface area contributed by atoms with Gasteiger partial charge in [0, 0.05) is 30.8 Å². The van der Waals surface area contributed by atoms with Gasteiger partial charge in [-0.15, -0.1) is 0 Å². The third kappa shape index (κ3) is 3.58. The standard InChI is InChI=1S/C18H23N3O3/c1-19-16(22)9-11-5-7-12(8-6-11)20-18(24)13-3-2-4-15-14(13)10-17(23)21-15/h2-4,11-12H,5-10H2,1H3,(H,19,22)(H,20,24)(H,21,23). The second-order valence-electron chi connectivity index (χ2n) is 6.63. The molecule has 0 saturated heterocycles. The molecule has 1 fully saturated rings. The average Bonchev–Trinajstić information content (AvgIpc) is 2.96. The number of nitrogens with one attached hydrogen (secondary N) is 3. The van der Waals surface area contributed by atoms with Gasteiger partial charge in [-0.25, -0.2) is 0 Å². The number of hydrogen-bond donors (Lipinski definition) is 3. The van der Waals surface area contributed by atoms with Gasteiger partial charge in [-0.3, -0.25) is 14.4 Å². The third-order valence-electron chi connectivity index (χ3n) is 4.97. The normalized spacial score (nSPS) is 22.5. The zero-order chi connectivity index (χ0) is 17.1. The van der Waals surface area contributed by atoms with E-state index in [1.54, 1.807) is 19.2 Å². The fraction of sp³-hybridized carbons (Fsp3) is 0.500. The molecule has 0 radical (unpaired) electrons. The number of anilines is 1. The molecule has 2 aliphatic rings. The molecule has 24 heavy (non-hydrogen) atoms. The van der Waals surface area contributed by atoms with Gasteiger partial charge in [-0.2, -0.15) is 0 Å². The van der Waals surface area contributed by atoms with Gasteiger partial charge < -0.3 is 16.0 Å². The first-order valence-electron chi connectivity index (χ1n) is 8.50. The number of fused-ring (bicyclic) bond motifs is 1. The Labute approximate surface area is 141 Å². The van der Waals surface area contributed by atoms with Crippen LogP contribution < -0.4 is 16.0 Å². The van der Waals surface area contributed by atoms with Gasteiger partial charge in [0.15, 0.2) is 0 Å². The van der Waals surface area contributed by atoms with Crippen molar-refractivity contribution in [2.45, 2.75) is 44.6 Å². The van der Waals surface area contributed by atoms with Gasteiger partial charge in [0.05, 0.1) is 6.42 Å². The lowest BCUT2D eigenvalue weighted by atomic mass is 9.84. The van der Waals surface area contributed by atoms with Crippen molar-refractivity contribution in [1.29, 1.82) is 0 Å². The van der Waals surface area contributed by atoms with E-state index in [1.807, 2.05) is 6.07 Å². The molecular weight excluding hydrogens is 306 g/mol. The minimum Gasteiger partial charge on any atom is -0.359 e. The van der Waals surface area contributed by atoms with E-state index in [-0.39, 0.29) is 30.2 Å². The Bertz CT molecular complexity index is 663. The van der Waals surface area contributed by atoms with Gasteiger partial charge in [0.25, 0.3) is 5.91 Å². The summed E-state index contributed by atoms with van der Waals surface area (Å²) < 4.78 is 0. The second kappa shape index (κ2) is 7.03. The molecule has 1 aromatic carbocycles. The monoisotopic (exact) mass is 329 g/mol. The van der Waals surface area contributed by atoms with Crippen molar-refractivity contribution >= 4 is 23.4 Å². The largest absolute Gasteiger partial charge is 0.359 e. The van der Waals surface area contributed by atoms with Crippen molar-refractivity contribution in [1.82, 2.24) is 10.6 Å². The number of amides is 3. The number of carbonyl (C=O) groups excluding carboxylic acids is 3. The Kier molecular flexibility index (Phi) is 4.83. The molecule has 0 unspecified atom stereocenters. The van der Waals surface area contributed by atoms with Crippen molar-refractivity contribution < 1.29 is 14.4 Å². The van der Waals surface area contributed by atoms with Crippen LogP contribution in [0.3, 0.4) is 0 Å². The lowest BCUT2D eigenvalue weighted by molar-refractivity contribution is -0.121. The van der Waals surface area contributed by atoms with Crippen LogP contribution >= 0.6 is 0 Å². The van der Waals surface area contributed by atoms with Gasteiger partial charge >= 0.3 is 0 Å². The van der Waals surface area contributed by atoms with E-state index in [2.05, 4.69) is 16.0 Å². The van der Waals surface area contributed by atoms with Crippen LogP contribution in [-0.4, -0.2) is 30.8 Å². The molecule has 3 rings (SSSR count). The maximum absolute atomic E-state index is 12.6. The summed E-state index contributed by atoms with van der Waals surface area (Å²) in [7, 11) is 1.66. The maximum Gasteiger partial charge on any atom is 0.251 e. The van der Waals surface area contributed by atoms with Crippen LogP contribution in [0.5, 0.6) is 0 Å². The first-order chi connectivity index (χ1) is 11.6. The van der Waals surface area contributed by atoms with Gasteiger partial charge in [-0.1, -0.05) is 6.07 Å². The van der Waals surface area contributed by atoms with E-state index >= 15 is 0 Å². The van der Waals surface area contributed by atoms with Gasteiger partial charge in [0.2, 0.25) is 11.8 Å². The molecule has 1 heterocycles. The van der Waals surface area contributed by atoms with Crippen LogP contribution in [0, 0.1) is 5.92 Å². The fourth-order valence-corrected chi connectivity index (χ4v) is 3.60. The zero-order valence-electron chi connectivity index (χ0n) is 13.9. The van der Waals surface area contributed by atoms with Crippen LogP contribution in [0.25, 0.3) is 0 Å². The topological polar surface area (TPSA) is 87.3 Å². The number of rotatable bonds is 4. The van der Waals surface area contributed by atoms with Crippen LogP contribution in [0.2, 0.25) is 0 Å². The summed E-state index contributed by atoms with van der Waals surface area (Å²) in [4.78, 5) is 35.6. The zero-order valence-corrected chi connectivity index (χ0v) is 13.9. The summed E-state index contributed by atoms with van der Waals surface area (Å²) in [5.41, 5.74) is 2.11. The Hall–Kier alpha value is -2.37. The maximum atomic E-state index is 12.6. The van der Waals surface area contributed by atoms with Crippen molar-refractivity contribution in [2.24, 2.45) is 5.92 Å². The molecule has 128 valence electrons. The highest BCUT2D eigenvalue weighted by atomic mass is 16.2. The van der Waals surface area contributed by atoms with Crippen molar-refractivity contribution in [3.8, 4) is 0 Å². The molecule has 3 amide bonds. The summed E-state index contributed by atoms with van der Waals surface area (Å²) in [5, 5.41) is 8.52. The molecule has 1 aliphatic heterocycles. The van der Waals surface area contributed by atoms with Crippen LogP contribution in [0.1, 0.15) is 48.0 Å². The number of carbonyl (C=O) groups is 3. The van der Waals surface area contributed by atoms with E-state index < -0.39 is 0 Å². The minimum absolute atomic E-state index is 0.0695. The van der Waals surface area contributed by atoms with E-state index in [1.165, 1.54) is 0 Å². The predicted octanol–water partition coefficient (Wildman–Crippen LogP) is 1.61. The molecular formula is C18H23N3O3. The van der Waals surface area contributed by atoms with E-state index in [9.17, 15) is 14.4 Å². The molecule has 6 heteroatoms. The SMILES string of the molecule is CNC(=O)CC1CCC(NC(=O)c2cccc3c2CC(=O)N3)CC1. The minimum atomic E-state index is -0.113. The number of benzene rings is 1. The molecule has 6 nitrogen and oxygen atoms in total. The molecule has 3 N–H and O–H groups in total. The van der Waals surface area contributed by atoms with Gasteiger partial charge in [0.1, 0.15) is 0 Å². The number of hydrogen-bond acceptors (Lipinski definition) is 3. The van der Waals surface area contributed by atoms with E-state index in [0.717, 1.165) is 36.9 Å². The van der Waals surface area contributed by atoms with E-state index in [0.29, 0.717) is 17.9 Å². The Balaban J connectivity index is 1.57. The van der Waals surface area contributed by atoms with Gasteiger partial charge in [-0.05, 0) is 49.3 Å². The van der Waals surface area contributed by atoms with Crippen LogP contribution in [0.4, 0.5) is 5.69 Å². The molecule has 1 saturated carbocycles. The molecule has 0 atom stereocenters. The van der Waals surface area contributed by atoms with Crippen LogP contribution in [-0.2, 0) is 16.0 Å². The molecule has 1 aliphatic carbocycles. The Morgan fingerprint density at radius 2 is 1.96 bits per heavy atom. The van der Waals surface area contributed by atoms with Crippen LogP contribution in [0.15, 0.2) is 18.2 Å². The highest BCUT2D eigenvalue weighted by molar-refractivity contribution is 6.05. The lowest BCUT2D eigenvalue weighted by Crippen LogP contribution is -2.38. The van der Waals surface area contributed by atoms with Crippen molar-refractivity contribution in [3.05, 3.63) is 29.3 Å². The summed E-state index contributed by atoms with van der Waals surface area (Å²) in [5.74, 6) is 0.304. The predicted molar refractivity (Wildman–Crippen MR) is 90.7 cm³/mol. The first kappa shape index (κ1) is 16.5. The lowest BCUT2D eigenvalue weighted by Gasteiger charge is -2.29. The summed E-state index contributed by atoms with van der Waals surface area (Å²) in [6.45, 7) is 0. The third-order valence-corrected chi connectivity index (χ3v) is 4.97.